The van der Waals surface area contributed by atoms with Crippen molar-refractivity contribution in [3.63, 3.8) is 0 Å². The summed E-state index contributed by atoms with van der Waals surface area (Å²) in [5.74, 6) is -1.23. The number of hydrogen-bond acceptors (Lipinski definition) is 4. The highest BCUT2D eigenvalue weighted by molar-refractivity contribution is 6.03. The summed E-state index contributed by atoms with van der Waals surface area (Å²) in [7, 11) is 0. The van der Waals surface area contributed by atoms with E-state index in [0.717, 1.165) is 11.1 Å². The van der Waals surface area contributed by atoms with E-state index < -0.39 is 11.4 Å². The van der Waals surface area contributed by atoms with Crippen molar-refractivity contribution in [2.75, 3.05) is 0 Å². The Kier molecular flexibility index (Phi) is 3.76. The van der Waals surface area contributed by atoms with Crippen LogP contribution in [0.1, 0.15) is 22.8 Å². The van der Waals surface area contributed by atoms with Crippen LogP contribution >= 0.6 is 0 Å². The largest absolute Gasteiger partial charge is 0.477 e. The molecule has 7 nitrogen and oxygen atoms in total. The summed E-state index contributed by atoms with van der Waals surface area (Å²) < 4.78 is 3.52. The molecule has 2 aromatic carbocycles. The Bertz CT molecular complexity index is 1190. The SMILES string of the molecule is CCn1cc(C(=O)O)c(=O)c2ccc3c(nnn3Cc3ccccc3)c21. The number of carbonyl (C=O) groups is 1. The number of aromatic nitrogens is 4. The Morgan fingerprint density at radius 3 is 2.62 bits per heavy atom. The lowest BCUT2D eigenvalue weighted by molar-refractivity contribution is 0.0695. The van der Waals surface area contributed by atoms with Crippen LogP contribution in [0, 0.1) is 0 Å². The van der Waals surface area contributed by atoms with Crippen LogP contribution in [0.4, 0.5) is 0 Å². The molecular weight excluding hydrogens is 332 g/mol. The number of aromatic carboxylic acids is 1. The summed E-state index contributed by atoms with van der Waals surface area (Å²) in [4.78, 5) is 23.9. The molecule has 2 aromatic heterocycles. The molecule has 0 saturated carbocycles. The Labute approximate surface area is 148 Å². The van der Waals surface area contributed by atoms with Crippen molar-refractivity contribution in [3.05, 3.63) is 70.0 Å². The van der Waals surface area contributed by atoms with Crippen molar-refractivity contribution in [2.45, 2.75) is 20.0 Å². The summed E-state index contributed by atoms with van der Waals surface area (Å²) >= 11 is 0. The highest BCUT2D eigenvalue weighted by atomic mass is 16.4. The standard InChI is InChI=1S/C19H16N4O3/c1-2-22-11-14(19(25)26)18(24)13-8-9-15-16(17(13)22)20-21-23(15)10-12-6-4-3-5-7-12/h3-9,11H,2,10H2,1H3,(H,25,26). The van der Waals surface area contributed by atoms with Gasteiger partial charge in [0.25, 0.3) is 0 Å². The monoisotopic (exact) mass is 348 g/mol. The lowest BCUT2D eigenvalue weighted by Crippen LogP contribution is -2.18. The molecule has 0 aliphatic rings. The van der Waals surface area contributed by atoms with Crippen LogP contribution in [0.5, 0.6) is 0 Å². The van der Waals surface area contributed by atoms with Crippen molar-refractivity contribution in [1.82, 2.24) is 19.6 Å². The molecule has 4 rings (SSSR count). The molecule has 0 saturated heterocycles. The van der Waals surface area contributed by atoms with Gasteiger partial charge in [0, 0.05) is 18.1 Å². The summed E-state index contributed by atoms with van der Waals surface area (Å²) in [5, 5.41) is 18.1. The number of hydrogen-bond donors (Lipinski definition) is 1. The molecular formula is C19H16N4O3. The van der Waals surface area contributed by atoms with Crippen molar-refractivity contribution >= 4 is 27.9 Å². The second-order valence-electron chi connectivity index (χ2n) is 6.03. The van der Waals surface area contributed by atoms with Gasteiger partial charge in [0.05, 0.1) is 17.6 Å². The number of aryl methyl sites for hydroxylation is 1. The van der Waals surface area contributed by atoms with Crippen LogP contribution in [0.15, 0.2) is 53.5 Å². The van der Waals surface area contributed by atoms with E-state index in [4.69, 9.17) is 0 Å². The molecule has 0 aliphatic carbocycles. The Balaban J connectivity index is 1.97. The van der Waals surface area contributed by atoms with Crippen LogP contribution < -0.4 is 5.43 Å². The van der Waals surface area contributed by atoms with E-state index in [0.29, 0.717) is 29.5 Å². The van der Waals surface area contributed by atoms with Crippen LogP contribution in [0.2, 0.25) is 0 Å². The van der Waals surface area contributed by atoms with Gasteiger partial charge in [-0.15, -0.1) is 5.10 Å². The molecule has 26 heavy (non-hydrogen) atoms. The number of carboxylic acids is 1. The third-order valence-corrected chi connectivity index (χ3v) is 4.47. The van der Waals surface area contributed by atoms with E-state index in [9.17, 15) is 14.7 Å². The van der Waals surface area contributed by atoms with Crippen molar-refractivity contribution in [3.8, 4) is 0 Å². The van der Waals surface area contributed by atoms with E-state index in [-0.39, 0.29) is 5.56 Å². The highest BCUT2D eigenvalue weighted by Crippen LogP contribution is 2.23. The van der Waals surface area contributed by atoms with Crippen LogP contribution in [-0.4, -0.2) is 30.6 Å². The van der Waals surface area contributed by atoms with E-state index in [1.807, 2.05) is 37.3 Å². The zero-order chi connectivity index (χ0) is 18.3. The van der Waals surface area contributed by atoms with E-state index in [1.165, 1.54) is 6.20 Å². The molecule has 0 radical (unpaired) electrons. The fourth-order valence-electron chi connectivity index (χ4n) is 3.20. The second-order valence-corrected chi connectivity index (χ2v) is 6.03. The first kappa shape index (κ1) is 16.0. The molecule has 4 aromatic rings. The predicted molar refractivity (Wildman–Crippen MR) is 97.5 cm³/mol. The van der Waals surface area contributed by atoms with Gasteiger partial charge < -0.3 is 9.67 Å². The third kappa shape index (κ3) is 2.45. The van der Waals surface area contributed by atoms with Gasteiger partial charge in [-0.1, -0.05) is 35.5 Å². The van der Waals surface area contributed by atoms with Crippen molar-refractivity contribution in [2.24, 2.45) is 0 Å². The van der Waals surface area contributed by atoms with E-state index >= 15 is 0 Å². The molecule has 0 unspecified atom stereocenters. The zero-order valence-corrected chi connectivity index (χ0v) is 14.1. The minimum atomic E-state index is -1.23. The summed E-state index contributed by atoms with van der Waals surface area (Å²) in [6, 6.07) is 13.3. The van der Waals surface area contributed by atoms with Crippen LogP contribution in [0.25, 0.3) is 21.9 Å². The van der Waals surface area contributed by atoms with Gasteiger partial charge >= 0.3 is 5.97 Å². The molecule has 0 aliphatic heterocycles. The van der Waals surface area contributed by atoms with Gasteiger partial charge in [-0.3, -0.25) is 4.79 Å². The highest BCUT2D eigenvalue weighted by Gasteiger charge is 2.18. The lowest BCUT2D eigenvalue weighted by atomic mass is 10.1. The lowest BCUT2D eigenvalue weighted by Gasteiger charge is -2.10. The van der Waals surface area contributed by atoms with Gasteiger partial charge in [-0.05, 0) is 24.6 Å². The molecule has 0 atom stereocenters. The van der Waals surface area contributed by atoms with Crippen molar-refractivity contribution in [1.29, 1.82) is 0 Å². The molecule has 0 fully saturated rings. The van der Waals surface area contributed by atoms with Crippen LogP contribution in [0.3, 0.4) is 0 Å². The van der Waals surface area contributed by atoms with Crippen molar-refractivity contribution < 1.29 is 9.90 Å². The zero-order valence-electron chi connectivity index (χ0n) is 14.1. The molecule has 0 bridgehead atoms. The topological polar surface area (TPSA) is 90.0 Å². The number of nitrogens with zero attached hydrogens (tertiary/aromatic N) is 4. The number of fused-ring (bicyclic) bond motifs is 3. The minimum absolute atomic E-state index is 0.240. The fourth-order valence-corrected chi connectivity index (χ4v) is 3.20. The average Bonchev–Trinajstić information content (AvgIpc) is 3.05. The van der Waals surface area contributed by atoms with Gasteiger partial charge in [-0.25, -0.2) is 9.48 Å². The minimum Gasteiger partial charge on any atom is -0.477 e. The van der Waals surface area contributed by atoms with Gasteiger partial charge in [0.2, 0.25) is 5.43 Å². The summed E-state index contributed by atoms with van der Waals surface area (Å²) in [6.45, 7) is 2.97. The van der Waals surface area contributed by atoms with Gasteiger partial charge in [0.1, 0.15) is 11.1 Å². The third-order valence-electron chi connectivity index (χ3n) is 4.47. The quantitative estimate of drug-likeness (QED) is 0.612. The normalized spacial score (nSPS) is 11.3. The maximum absolute atomic E-state index is 12.5. The smallest absolute Gasteiger partial charge is 0.341 e. The number of rotatable bonds is 4. The molecule has 0 amide bonds. The fraction of sp³-hybridized carbons (Fsp3) is 0.158. The number of pyridine rings is 1. The molecule has 0 spiro atoms. The number of carboxylic acid groups (broad SMARTS) is 1. The first-order valence-electron chi connectivity index (χ1n) is 8.26. The van der Waals surface area contributed by atoms with Gasteiger partial charge in [-0.2, -0.15) is 0 Å². The summed E-state index contributed by atoms with van der Waals surface area (Å²) in [6.07, 6.45) is 1.38. The Morgan fingerprint density at radius 1 is 1.15 bits per heavy atom. The predicted octanol–water partition coefficient (Wildman–Crippen LogP) is 2.51. The van der Waals surface area contributed by atoms with E-state index in [1.54, 1.807) is 21.4 Å². The molecule has 7 heteroatoms. The van der Waals surface area contributed by atoms with Crippen LogP contribution in [-0.2, 0) is 13.1 Å². The second kappa shape index (κ2) is 6.11. The Morgan fingerprint density at radius 2 is 1.92 bits per heavy atom. The number of benzene rings is 2. The maximum Gasteiger partial charge on any atom is 0.341 e. The molecule has 2 heterocycles. The average molecular weight is 348 g/mol. The molecule has 1 N–H and O–H groups in total. The first-order valence-corrected chi connectivity index (χ1v) is 8.26. The van der Waals surface area contributed by atoms with Gasteiger partial charge in [0.15, 0.2) is 0 Å². The Hall–Kier alpha value is -3.48. The first-order chi connectivity index (χ1) is 12.6. The van der Waals surface area contributed by atoms with E-state index in [2.05, 4.69) is 10.3 Å². The summed E-state index contributed by atoms with van der Waals surface area (Å²) in [5.41, 5.74) is 2.35. The maximum atomic E-state index is 12.5. The molecule has 130 valence electrons.